The number of aryl methyl sites for hydroxylation is 2. The highest BCUT2D eigenvalue weighted by atomic mass is 16.2. The number of carbonyl (C=O) groups is 2. The summed E-state index contributed by atoms with van der Waals surface area (Å²) in [6.45, 7) is 5.12. The van der Waals surface area contributed by atoms with Crippen molar-refractivity contribution in [3.63, 3.8) is 0 Å². The molecule has 7 heteroatoms. The van der Waals surface area contributed by atoms with Crippen LogP contribution in [0.3, 0.4) is 0 Å². The van der Waals surface area contributed by atoms with Gasteiger partial charge in [0.1, 0.15) is 18.4 Å². The number of nitrogens with zero attached hydrogens (tertiary/aromatic N) is 4. The molecule has 0 aliphatic carbocycles. The molecule has 0 aliphatic heterocycles. The topological polar surface area (TPSA) is 81.8 Å². The highest BCUT2D eigenvalue weighted by molar-refractivity contribution is 5.96. The molecule has 1 atom stereocenters. The van der Waals surface area contributed by atoms with Gasteiger partial charge in [-0.3, -0.25) is 14.3 Å². The molecule has 0 bridgehead atoms. The van der Waals surface area contributed by atoms with Crippen molar-refractivity contribution in [2.45, 2.75) is 33.4 Å². The highest BCUT2D eigenvalue weighted by Gasteiger charge is 2.22. The van der Waals surface area contributed by atoms with E-state index in [-0.39, 0.29) is 24.3 Å². The molecule has 0 aliphatic rings. The predicted molar refractivity (Wildman–Crippen MR) is 101 cm³/mol. The fourth-order valence-corrected chi connectivity index (χ4v) is 3.30. The fourth-order valence-electron chi connectivity index (χ4n) is 3.30. The first-order chi connectivity index (χ1) is 12.9. The van der Waals surface area contributed by atoms with E-state index < -0.39 is 0 Å². The Balaban J connectivity index is 1.85. The van der Waals surface area contributed by atoms with Gasteiger partial charge in [-0.25, -0.2) is 4.98 Å². The summed E-state index contributed by atoms with van der Waals surface area (Å²) < 4.78 is 3.46. The summed E-state index contributed by atoms with van der Waals surface area (Å²) in [5, 5.41) is 7.39. The van der Waals surface area contributed by atoms with Crippen LogP contribution in [0.2, 0.25) is 0 Å². The molecule has 7 nitrogen and oxygen atoms in total. The largest absolute Gasteiger partial charge is 0.340 e. The van der Waals surface area contributed by atoms with E-state index in [1.807, 2.05) is 48.1 Å². The van der Waals surface area contributed by atoms with Crippen molar-refractivity contribution >= 4 is 11.7 Å². The van der Waals surface area contributed by atoms with Gasteiger partial charge in [0.2, 0.25) is 5.91 Å². The van der Waals surface area contributed by atoms with Crippen LogP contribution in [0.25, 0.3) is 0 Å². The lowest BCUT2D eigenvalue weighted by molar-refractivity contribution is -0.122. The Morgan fingerprint density at radius 2 is 1.89 bits per heavy atom. The molecule has 0 saturated heterocycles. The molecule has 0 fully saturated rings. The first-order valence-electron chi connectivity index (χ1n) is 8.75. The SMILES string of the molecule is CC(=O)c1c(C)nn(CC(=O)N[C@H](c2ccccc2)c2nccn2C)c1C. The van der Waals surface area contributed by atoms with E-state index in [0.717, 1.165) is 11.4 Å². The second-order valence-corrected chi connectivity index (χ2v) is 6.57. The van der Waals surface area contributed by atoms with Gasteiger partial charge < -0.3 is 9.88 Å². The van der Waals surface area contributed by atoms with Crippen LogP contribution in [0.4, 0.5) is 0 Å². The Bertz CT molecular complexity index is 972. The number of rotatable bonds is 6. The molecule has 0 saturated carbocycles. The number of amides is 1. The zero-order valence-electron chi connectivity index (χ0n) is 15.9. The smallest absolute Gasteiger partial charge is 0.242 e. The lowest BCUT2D eigenvalue weighted by atomic mass is 10.1. The third-order valence-electron chi connectivity index (χ3n) is 4.58. The van der Waals surface area contributed by atoms with Crippen LogP contribution in [0, 0.1) is 13.8 Å². The minimum Gasteiger partial charge on any atom is -0.340 e. The molecule has 1 amide bonds. The summed E-state index contributed by atoms with van der Waals surface area (Å²) in [4.78, 5) is 28.9. The number of hydrogen-bond acceptors (Lipinski definition) is 4. The van der Waals surface area contributed by atoms with Crippen LogP contribution in [0.5, 0.6) is 0 Å². The standard InChI is InChI=1S/C20H23N5O2/c1-13-18(15(3)26)14(2)25(23-13)12-17(27)22-19(16-8-6-5-7-9-16)20-21-10-11-24(20)4/h5-11,19H,12H2,1-4H3,(H,22,27)/t19-/m1/s1. The molecule has 1 aromatic carbocycles. The summed E-state index contributed by atoms with van der Waals surface area (Å²) >= 11 is 0. The van der Waals surface area contributed by atoms with Gasteiger partial charge in [0.05, 0.1) is 11.3 Å². The third kappa shape index (κ3) is 3.81. The van der Waals surface area contributed by atoms with Crippen molar-refractivity contribution in [2.75, 3.05) is 0 Å². The molecule has 27 heavy (non-hydrogen) atoms. The monoisotopic (exact) mass is 365 g/mol. The number of Topliss-reactive ketones (excluding diaryl/α,β-unsaturated/α-hetero) is 1. The van der Waals surface area contributed by atoms with Crippen molar-refractivity contribution in [2.24, 2.45) is 7.05 Å². The molecule has 2 aromatic heterocycles. The number of aromatic nitrogens is 4. The second-order valence-electron chi connectivity index (χ2n) is 6.57. The van der Waals surface area contributed by atoms with E-state index >= 15 is 0 Å². The maximum atomic E-state index is 12.8. The lowest BCUT2D eigenvalue weighted by Crippen LogP contribution is -2.34. The normalized spacial score (nSPS) is 12.0. The molecule has 140 valence electrons. The van der Waals surface area contributed by atoms with E-state index in [4.69, 9.17) is 0 Å². The number of hydrogen-bond donors (Lipinski definition) is 1. The van der Waals surface area contributed by atoms with Crippen molar-refractivity contribution < 1.29 is 9.59 Å². The lowest BCUT2D eigenvalue weighted by Gasteiger charge is -2.19. The van der Waals surface area contributed by atoms with E-state index in [1.165, 1.54) is 6.92 Å². The third-order valence-corrected chi connectivity index (χ3v) is 4.58. The average Bonchev–Trinajstić information content (AvgIpc) is 3.16. The molecule has 3 aromatic rings. The highest BCUT2D eigenvalue weighted by Crippen LogP contribution is 2.20. The Hall–Kier alpha value is -3.22. The van der Waals surface area contributed by atoms with Crippen LogP contribution >= 0.6 is 0 Å². The molecule has 0 radical (unpaired) electrons. The Morgan fingerprint density at radius 1 is 1.19 bits per heavy atom. The van der Waals surface area contributed by atoms with Gasteiger partial charge >= 0.3 is 0 Å². The van der Waals surface area contributed by atoms with Gasteiger partial charge in [0, 0.05) is 25.1 Å². The molecule has 0 unspecified atom stereocenters. The zero-order valence-corrected chi connectivity index (χ0v) is 15.9. The summed E-state index contributed by atoms with van der Waals surface area (Å²) in [5.41, 5.74) is 2.85. The number of imidazole rings is 1. The maximum absolute atomic E-state index is 12.8. The van der Waals surface area contributed by atoms with E-state index in [0.29, 0.717) is 17.0 Å². The first kappa shape index (κ1) is 18.6. The van der Waals surface area contributed by atoms with Crippen LogP contribution in [0.15, 0.2) is 42.7 Å². The number of ketones is 1. The summed E-state index contributed by atoms with van der Waals surface area (Å²) in [6.07, 6.45) is 3.55. The van der Waals surface area contributed by atoms with Gasteiger partial charge in [-0.05, 0) is 26.3 Å². The molecule has 2 heterocycles. The first-order valence-corrected chi connectivity index (χ1v) is 8.75. The van der Waals surface area contributed by atoms with Gasteiger partial charge in [0.15, 0.2) is 5.78 Å². The molecular formula is C20H23N5O2. The molecule has 0 spiro atoms. The van der Waals surface area contributed by atoms with Gasteiger partial charge in [-0.1, -0.05) is 30.3 Å². The minimum atomic E-state index is -0.372. The van der Waals surface area contributed by atoms with Crippen LogP contribution in [-0.4, -0.2) is 31.0 Å². The second kappa shape index (κ2) is 7.57. The Labute approximate surface area is 158 Å². The maximum Gasteiger partial charge on any atom is 0.242 e. The van der Waals surface area contributed by atoms with Crippen molar-refractivity contribution in [1.29, 1.82) is 0 Å². The summed E-state index contributed by atoms with van der Waals surface area (Å²) in [5.74, 6) is 0.492. The molecular weight excluding hydrogens is 342 g/mol. The Kier molecular flexibility index (Phi) is 5.21. The van der Waals surface area contributed by atoms with Crippen LogP contribution in [-0.2, 0) is 18.4 Å². The van der Waals surface area contributed by atoms with Crippen molar-refractivity contribution in [3.05, 3.63) is 71.1 Å². The summed E-state index contributed by atoms with van der Waals surface area (Å²) in [6, 6.07) is 9.32. The molecule has 1 N–H and O–H groups in total. The van der Waals surface area contributed by atoms with E-state index in [9.17, 15) is 9.59 Å². The van der Waals surface area contributed by atoms with Gasteiger partial charge in [-0.2, -0.15) is 5.10 Å². The van der Waals surface area contributed by atoms with Crippen LogP contribution < -0.4 is 5.32 Å². The zero-order chi connectivity index (χ0) is 19.6. The van der Waals surface area contributed by atoms with Gasteiger partial charge in [0.25, 0.3) is 0 Å². The van der Waals surface area contributed by atoms with Crippen molar-refractivity contribution in [1.82, 2.24) is 24.6 Å². The van der Waals surface area contributed by atoms with E-state index in [1.54, 1.807) is 24.7 Å². The number of carbonyl (C=O) groups excluding carboxylic acids is 2. The predicted octanol–water partition coefficient (Wildman–Crippen LogP) is 2.34. The quantitative estimate of drug-likeness (QED) is 0.680. The summed E-state index contributed by atoms with van der Waals surface area (Å²) in [7, 11) is 1.89. The fraction of sp³-hybridized carbons (Fsp3) is 0.300. The van der Waals surface area contributed by atoms with Gasteiger partial charge in [-0.15, -0.1) is 0 Å². The van der Waals surface area contributed by atoms with Crippen molar-refractivity contribution in [3.8, 4) is 0 Å². The Morgan fingerprint density at radius 3 is 2.44 bits per heavy atom. The number of nitrogens with one attached hydrogen (secondary N) is 1. The minimum absolute atomic E-state index is 0.0354. The van der Waals surface area contributed by atoms with E-state index in [2.05, 4.69) is 15.4 Å². The van der Waals surface area contributed by atoms with Crippen LogP contribution in [0.1, 0.15) is 46.1 Å². The molecule has 3 rings (SSSR count). The average molecular weight is 365 g/mol. The number of benzene rings is 1.